The molecule has 0 aliphatic rings. The van der Waals surface area contributed by atoms with Gasteiger partial charge in [0.2, 0.25) is 0 Å². The van der Waals surface area contributed by atoms with E-state index in [-0.39, 0.29) is 0 Å². The molecule has 2 aromatic rings. The number of hydrogen-bond donors (Lipinski definition) is 0. The van der Waals surface area contributed by atoms with Crippen molar-refractivity contribution in [3.8, 4) is 11.4 Å². The maximum atomic E-state index is 5.89. The van der Waals surface area contributed by atoms with E-state index in [0.717, 1.165) is 39.1 Å². The van der Waals surface area contributed by atoms with E-state index < -0.39 is 0 Å². The summed E-state index contributed by atoms with van der Waals surface area (Å²) in [4.78, 5) is 0. The third-order valence-electron chi connectivity index (χ3n) is 2.57. The molecule has 1 aromatic heterocycles. The lowest BCUT2D eigenvalue weighted by atomic mass is 10.2. The molecule has 0 fully saturated rings. The third kappa shape index (κ3) is 2.78. The highest BCUT2D eigenvalue weighted by Gasteiger charge is 2.14. The molecular weight excluding hydrogens is 381 g/mol. The van der Waals surface area contributed by atoms with Crippen LogP contribution in [-0.2, 0) is 12.4 Å². The molecule has 1 heterocycles. The van der Waals surface area contributed by atoms with E-state index >= 15 is 0 Å². The lowest BCUT2D eigenvalue weighted by Gasteiger charge is -2.09. The molecular formula is C12H12Br2ClN3. The van der Waals surface area contributed by atoms with Gasteiger partial charge in [0.25, 0.3) is 0 Å². The van der Waals surface area contributed by atoms with E-state index in [1.165, 1.54) is 0 Å². The van der Waals surface area contributed by atoms with Crippen molar-refractivity contribution in [3.63, 3.8) is 0 Å². The average molecular weight is 394 g/mol. The van der Waals surface area contributed by atoms with Crippen LogP contribution < -0.4 is 0 Å². The molecule has 0 saturated heterocycles. The maximum Gasteiger partial charge on any atom is 0.165 e. The number of rotatable bonds is 4. The zero-order valence-electron chi connectivity index (χ0n) is 9.83. The van der Waals surface area contributed by atoms with Crippen molar-refractivity contribution in [2.45, 2.75) is 25.8 Å². The van der Waals surface area contributed by atoms with Crippen molar-refractivity contribution in [2.75, 3.05) is 0 Å². The fourth-order valence-corrected chi connectivity index (χ4v) is 3.18. The molecule has 18 heavy (non-hydrogen) atoms. The minimum absolute atomic E-state index is 0.376. The lowest BCUT2D eigenvalue weighted by Crippen LogP contribution is -2.04. The Hall–Kier alpha value is -0.390. The van der Waals surface area contributed by atoms with Crippen LogP contribution >= 0.6 is 43.5 Å². The number of aromatic nitrogens is 3. The smallest absolute Gasteiger partial charge is 0.165 e. The van der Waals surface area contributed by atoms with Crippen LogP contribution in [0.25, 0.3) is 11.4 Å². The first-order valence-corrected chi connectivity index (χ1v) is 7.73. The van der Waals surface area contributed by atoms with Crippen molar-refractivity contribution in [2.24, 2.45) is 0 Å². The van der Waals surface area contributed by atoms with Gasteiger partial charge in [0.15, 0.2) is 5.82 Å². The quantitative estimate of drug-likeness (QED) is 0.710. The van der Waals surface area contributed by atoms with Crippen LogP contribution in [0.15, 0.2) is 27.1 Å². The first kappa shape index (κ1) is 14.0. The molecule has 6 heteroatoms. The second-order valence-corrected chi connectivity index (χ2v) is 5.89. The molecule has 0 amide bonds. The molecule has 0 bridgehead atoms. The summed E-state index contributed by atoms with van der Waals surface area (Å²) < 4.78 is 4.08. The van der Waals surface area contributed by atoms with Gasteiger partial charge in [0.1, 0.15) is 5.82 Å². The Morgan fingerprint density at radius 1 is 1.28 bits per heavy atom. The molecule has 96 valence electrons. The highest BCUT2D eigenvalue weighted by Crippen LogP contribution is 2.30. The number of hydrogen-bond acceptors (Lipinski definition) is 2. The van der Waals surface area contributed by atoms with Crippen molar-refractivity contribution in [1.29, 1.82) is 0 Å². The predicted octanol–water partition coefficient (Wildman–Crippen LogP) is 4.62. The molecule has 0 spiro atoms. The largest absolute Gasteiger partial charge is 0.310 e. The monoisotopic (exact) mass is 391 g/mol. The molecule has 3 nitrogen and oxygen atoms in total. The normalized spacial score (nSPS) is 10.9. The van der Waals surface area contributed by atoms with Crippen LogP contribution in [0, 0.1) is 0 Å². The zero-order valence-corrected chi connectivity index (χ0v) is 13.8. The molecule has 0 aliphatic carbocycles. The van der Waals surface area contributed by atoms with Crippen LogP contribution in [0.2, 0.25) is 0 Å². The maximum absolute atomic E-state index is 5.89. The van der Waals surface area contributed by atoms with Crippen LogP contribution in [-0.4, -0.2) is 14.8 Å². The Bertz CT molecular complexity index is 554. The fraction of sp³-hybridized carbons (Fsp3) is 0.333. The lowest BCUT2D eigenvalue weighted by molar-refractivity contribution is 0.659. The average Bonchev–Trinajstić information content (AvgIpc) is 2.73. The van der Waals surface area contributed by atoms with Gasteiger partial charge in [-0.15, -0.1) is 21.8 Å². The molecule has 0 radical (unpaired) electrons. The Morgan fingerprint density at radius 3 is 2.67 bits per heavy atom. The van der Waals surface area contributed by atoms with Gasteiger partial charge in [-0.25, -0.2) is 0 Å². The summed E-state index contributed by atoms with van der Waals surface area (Å²) in [5.41, 5.74) is 1.02. The summed E-state index contributed by atoms with van der Waals surface area (Å²) in [7, 11) is 0. The highest BCUT2D eigenvalue weighted by atomic mass is 79.9. The second-order valence-electron chi connectivity index (χ2n) is 3.85. The summed E-state index contributed by atoms with van der Waals surface area (Å²) in [6.45, 7) is 2.99. The molecule has 0 aliphatic heterocycles. The van der Waals surface area contributed by atoms with Gasteiger partial charge < -0.3 is 4.57 Å². The van der Waals surface area contributed by atoms with Gasteiger partial charge in [0, 0.05) is 21.1 Å². The Kier molecular flexibility index (Phi) is 4.81. The Balaban J connectivity index is 2.52. The highest BCUT2D eigenvalue weighted by molar-refractivity contribution is 9.11. The number of alkyl halides is 1. The molecule has 0 unspecified atom stereocenters. The second kappa shape index (κ2) is 6.17. The molecule has 0 saturated carbocycles. The van der Waals surface area contributed by atoms with Gasteiger partial charge >= 0.3 is 0 Å². The van der Waals surface area contributed by atoms with E-state index in [9.17, 15) is 0 Å². The van der Waals surface area contributed by atoms with Gasteiger partial charge in [-0.1, -0.05) is 22.9 Å². The van der Waals surface area contributed by atoms with E-state index in [1.54, 1.807) is 0 Å². The number of halogens is 3. The predicted molar refractivity (Wildman–Crippen MR) is 80.7 cm³/mol. The summed E-state index contributed by atoms with van der Waals surface area (Å²) in [6, 6.07) is 6.01. The molecule has 1 aromatic carbocycles. The van der Waals surface area contributed by atoms with Gasteiger partial charge in [-0.05, 0) is 40.5 Å². The first-order chi connectivity index (χ1) is 8.67. The third-order valence-corrected chi connectivity index (χ3v) is 3.95. The summed E-state index contributed by atoms with van der Waals surface area (Å²) in [6.07, 6.45) is 1.02. The number of nitrogens with zero attached hydrogens (tertiary/aromatic N) is 3. The molecule has 0 atom stereocenters. The van der Waals surface area contributed by atoms with Crippen molar-refractivity contribution in [1.82, 2.24) is 14.8 Å². The van der Waals surface area contributed by atoms with Gasteiger partial charge in [-0.3, -0.25) is 0 Å². The van der Waals surface area contributed by atoms with Crippen LogP contribution in [0.3, 0.4) is 0 Å². The van der Waals surface area contributed by atoms with E-state index in [4.69, 9.17) is 11.6 Å². The topological polar surface area (TPSA) is 30.7 Å². The van der Waals surface area contributed by atoms with Crippen molar-refractivity contribution >= 4 is 43.5 Å². The standard InChI is InChI=1S/C12H12Br2ClN3/c1-2-5-18-11(7-15)16-17-12(18)9-4-3-8(13)6-10(9)14/h3-4,6H,2,5,7H2,1H3. The van der Waals surface area contributed by atoms with Gasteiger partial charge in [0.05, 0.1) is 5.88 Å². The Morgan fingerprint density at radius 2 is 2.06 bits per heavy atom. The summed E-state index contributed by atoms with van der Waals surface area (Å²) in [5, 5.41) is 8.39. The SMILES string of the molecule is CCCn1c(CCl)nnc1-c1ccc(Br)cc1Br. The minimum Gasteiger partial charge on any atom is -0.310 e. The van der Waals surface area contributed by atoms with E-state index in [0.29, 0.717) is 5.88 Å². The fourth-order valence-electron chi connectivity index (χ4n) is 1.76. The minimum atomic E-state index is 0.376. The Labute approximate surface area is 128 Å². The molecule has 0 N–H and O–H groups in total. The number of benzene rings is 1. The van der Waals surface area contributed by atoms with E-state index in [2.05, 4.69) is 53.5 Å². The van der Waals surface area contributed by atoms with Crippen molar-refractivity contribution < 1.29 is 0 Å². The van der Waals surface area contributed by atoms with Gasteiger partial charge in [-0.2, -0.15) is 0 Å². The summed E-state index contributed by atoms with van der Waals surface area (Å²) >= 11 is 12.9. The first-order valence-electron chi connectivity index (χ1n) is 5.60. The van der Waals surface area contributed by atoms with Crippen LogP contribution in [0.4, 0.5) is 0 Å². The van der Waals surface area contributed by atoms with Crippen molar-refractivity contribution in [3.05, 3.63) is 33.0 Å². The zero-order chi connectivity index (χ0) is 13.1. The van der Waals surface area contributed by atoms with E-state index in [1.807, 2.05) is 18.2 Å². The van der Waals surface area contributed by atoms with Crippen LogP contribution in [0.1, 0.15) is 19.2 Å². The summed E-state index contributed by atoms with van der Waals surface area (Å²) in [5.74, 6) is 2.04. The van der Waals surface area contributed by atoms with Crippen LogP contribution in [0.5, 0.6) is 0 Å². The molecule has 2 rings (SSSR count).